The molecule has 1 saturated heterocycles. The van der Waals surface area contributed by atoms with E-state index in [1.54, 1.807) is 6.08 Å². The van der Waals surface area contributed by atoms with Crippen LogP contribution in [0.25, 0.3) is 16.8 Å². The van der Waals surface area contributed by atoms with Crippen LogP contribution in [0.3, 0.4) is 0 Å². The van der Waals surface area contributed by atoms with Gasteiger partial charge in [-0.25, -0.2) is 0 Å². The molecule has 1 fully saturated rings. The van der Waals surface area contributed by atoms with Crippen molar-refractivity contribution in [2.75, 3.05) is 0 Å². The van der Waals surface area contributed by atoms with Crippen LogP contribution in [0.2, 0.25) is 0 Å². The summed E-state index contributed by atoms with van der Waals surface area (Å²) in [7, 11) is 0. The molecule has 168 valence electrons. The lowest BCUT2D eigenvalue weighted by atomic mass is 10.0. The number of hydrogen-bond acceptors (Lipinski definition) is 4. The number of benzene rings is 4. The van der Waals surface area contributed by atoms with E-state index in [0.717, 1.165) is 44.8 Å². The summed E-state index contributed by atoms with van der Waals surface area (Å²) in [6, 6.07) is 29.7. The summed E-state index contributed by atoms with van der Waals surface area (Å²) < 4.78 is 6.18. The first-order valence-electron chi connectivity index (χ1n) is 11.1. The lowest BCUT2D eigenvalue weighted by Crippen LogP contribution is -2.27. The zero-order valence-electron chi connectivity index (χ0n) is 18.7. The minimum atomic E-state index is -0.279. The van der Waals surface area contributed by atoms with Crippen LogP contribution in [0, 0.1) is 6.92 Å². The Morgan fingerprint density at radius 3 is 2.44 bits per heavy atom. The predicted octanol–water partition coefficient (Wildman–Crippen LogP) is 6.96. The van der Waals surface area contributed by atoms with Gasteiger partial charge in [0, 0.05) is 5.56 Å². The quantitative estimate of drug-likeness (QED) is 0.289. The first-order chi connectivity index (χ1) is 16.6. The summed E-state index contributed by atoms with van der Waals surface area (Å²) in [5.41, 5.74) is 3.88. The summed E-state index contributed by atoms with van der Waals surface area (Å²) in [6.07, 6.45) is 1.80. The highest BCUT2D eigenvalue weighted by atomic mass is 32.2. The molecule has 2 amide bonds. The summed E-state index contributed by atoms with van der Waals surface area (Å²) in [5, 5.41) is 1.75. The zero-order valence-corrected chi connectivity index (χ0v) is 19.5. The molecule has 5 rings (SSSR count). The fourth-order valence-corrected chi connectivity index (χ4v) is 4.87. The van der Waals surface area contributed by atoms with E-state index >= 15 is 0 Å². The molecule has 4 aromatic rings. The number of nitrogens with zero attached hydrogens (tertiary/aromatic N) is 1. The first kappa shape index (κ1) is 22.0. The lowest BCUT2D eigenvalue weighted by molar-refractivity contribution is -0.123. The van der Waals surface area contributed by atoms with Gasteiger partial charge in [0.25, 0.3) is 11.1 Å². The van der Waals surface area contributed by atoms with Gasteiger partial charge in [-0.3, -0.25) is 14.5 Å². The second-order valence-corrected chi connectivity index (χ2v) is 9.22. The molecular weight excluding hydrogens is 442 g/mol. The molecule has 0 saturated carbocycles. The third-order valence-electron chi connectivity index (χ3n) is 5.74. The molecule has 0 aliphatic carbocycles. The molecule has 4 aromatic carbocycles. The van der Waals surface area contributed by atoms with E-state index in [2.05, 4.69) is 0 Å². The van der Waals surface area contributed by atoms with Crippen LogP contribution in [0.5, 0.6) is 5.75 Å². The van der Waals surface area contributed by atoms with Crippen LogP contribution < -0.4 is 4.74 Å². The molecule has 4 nitrogen and oxygen atoms in total. The monoisotopic (exact) mass is 465 g/mol. The topological polar surface area (TPSA) is 46.6 Å². The maximum atomic E-state index is 13.2. The summed E-state index contributed by atoms with van der Waals surface area (Å²) in [6.45, 7) is 2.67. The molecule has 34 heavy (non-hydrogen) atoms. The van der Waals surface area contributed by atoms with Crippen molar-refractivity contribution in [1.82, 2.24) is 4.90 Å². The number of thioether (sulfide) groups is 1. The van der Waals surface area contributed by atoms with Crippen molar-refractivity contribution in [2.24, 2.45) is 0 Å². The van der Waals surface area contributed by atoms with Crippen molar-refractivity contribution in [1.29, 1.82) is 0 Å². The Kier molecular flexibility index (Phi) is 6.19. The minimum absolute atomic E-state index is 0.259. The van der Waals surface area contributed by atoms with Crippen molar-refractivity contribution in [3.8, 4) is 5.75 Å². The van der Waals surface area contributed by atoms with Crippen molar-refractivity contribution < 1.29 is 14.3 Å². The molecule has 0 atom stereocenters. The van der Waals surface area contributed by atoms with Crippen LogP contribution in [0.15, 0.2) is 95.9 Å². The molecule has 1 heterocycles. The van der Waals surface area contributed by atoms with Gasteiger partial charge in [-0.2, -0.15) is 0 Å². The largest absolute Gasteiger partial charge is 0.488 e. The Bertz CT molecular complexity index is 1410. The maximum Gasteiger partial charge on any atom is 0.293 e. The van der Waals surface area contributed by atoms with E-state index in [1.807, 2.05) is 97.9 Å². The van der Waals surface area contributed by atoms with Gasteiger partial charge >= 0.3 is 0 Å². The lowest BCUT2D eigenvalue weighted by Gasteiger charge is -2.14. The van der Waals surface area contributed by atoms with Crippen molar-refractivity contribution >= 4 is 39.8 Å². The average molecular weight is 466 g/mol. The van der Waals surface area contributed by atoms with Crippen molar-refractivity contribution in [2.45, 2.75) is 20.1 Å². The molecule has 5 heteroatoms. The third kappa shape index (κ3) is 4.61. The number of carbonyl (C=O) groups excluding carboxylic acids is 2. The van der Waals surface area contributed by atoms with Gasteiger partial charge in [0.2, 0.25) is 0 Å². The van der Waals surface area contributed by atoms with Crippen LogP contribution in [0.4, 0.5) is 4.79 Å². The number of aryl methyl sites for hydroxylation is 1. The Hall–Kier alpha value is -3.83. The molecule has 1 aliphatic rings. The molecule has 0 bridgehead atoms. The van der Waals surface area contributed by atoms with Crippen LogP contribution in [-0.2, 0) is 17.9 Å². The van der Waals surface area contributed by atoms with Gasteiger partial charge in [-0.15, -0.1) is 0 Å². The highest BCUT2D eigenvalue weighted by Crippen LogP contribution is 2.37. The summed E-state index contributed by atoms with van der Waals surface area (Å²) in [4.78, 5) is 27.6. The number of fused-ring (bicyclic) bond motifs is 1. The Morgan fingerprint density at radius 1 is 0.853 bits per heavy atom. The van der Waals surface area contributed by atoms with Gasteiger partial charge in [0.1, 0.15) is 12.4 Å². The van der Waals surface area contributed by atoms with Gasteiger partial charge in [0.15, 0.2) is 0 Å². The normalized spacial score (nSPS) is 14.9. The number of hydrogen-bond donors (Lipinski definition) is 0. The molecule has 0 unspecified atom stereocenters. The van der Waals surface area contributed by atoms with E-state index in [0.29, 0.717) is 17.3 Å². The average Bonchev–Trinajstić information content (AvgIpc) is 3.11. The number of rotatable bonds is 6. The van der Waals surface area contributed by atoms with E-state index in [4.69, 9.17) is 4.74 Å². The van der Waals surface area contributed by atoms with Crippen molar-refractivity contribution in [3.05, 3.63) is 118 Å². The van der Waals surface area contributed by atoms with Gasteiger partial charge < -0.3 is 4.74 Å². The third-order valence-corrected chi connectivity index (χ3v) is 6.65. The highest BCUT2D eigenvalue weighted by molar-refractivity contribution is 8.18. The Morgan fingerprint density at radius 2 is 1.62 bits per heavy atom. The smallest absolute Gasteiger partial charge is 0.293 e. The van der Waals surface area contributed by atoms with Crippen molar-refractivity contribution in [3.63, 3.8) is 0 Å². The summed E-state index contributed by atoms with van der Waals surface area (Å²) >= 11 is 0.975. The van der Waals surface area contributed by atoms with E-state index in [1.165, 1.54) is 4.90 Å². The molecular formula is C29H23NO3S. The van der Waals surface area contributed by atoms with Crippen LogP contribution in [0.1, 0.15) is 22.3 Å². The van der Waals surface area contributed by atoms with E-state index in [-0.39, 0.29) is 17.7 Å². The van der Waals surface area contributed by atoms with E-state index < -0.39 is 0 Å². The maximum absolute atomic E-state index is 13.2. The number of carbonyl (C=O) groups is 2. The van der Waals surface area contributed by atoms with Crippen LogP contribution in [-0.4, -0.2) is 16.0 Å². The number of imide groups is 1. The van der Waals surface area contributed by atoms with Gasteiger partial charge in [0.05, 0.1) is 11.4 Å². The van der Waals surface area contributed by atoms with E-state index in [9.17, 15) is 9.59 Å². The highest BCUT2D eigenvalue weighted by Gasteiger charge is 2.35. The second kappa shape index (κ2) is 9.57. The summed E-state index contributed by atoms with van der Waals surface area (Å²) in [5.74, 6) is 0.395. The Labute approximate surface area is 202 Å². The zero-order chi connectivity index (χ0) is 23.5. The standard InChI is InChI=1S/C29H23NO3S/c1-20-8-7-11-22(16-20)18-30-28(31)27(34-29(30)32)17-25-24-13-6-5-12-23(24)14-15-26(25)33-19-21-9-3-2-4-10-21/h2-17H,18-19H2,1H3/b27-17-. The second-order valence-electron chi connectivity index (χ2n) is 8.23. The Balaban J connectivity index is 1.48. The fourth-order valence-electron chi connectivity index (χ4n) is 4.05. The van der Waals surface area contributed by atoms with Crippen LogP contribution >= 0.6 is 11.8 Å². The molecule has 0 spiro atoms. The molecule has 0 N–H and O–H groups in total. The fraction of sp³-hybridized carbons (Fsp3) is 0.103. The molecule has 0 radical (unpaired) electrons. The number of ether oxygens (including phenoxy) is 1. The SMILES string of the molecule is Cc1cccc(CN2C(=O)S/C(=C\c3c(OCc4ccccc4)ccc4ccccc34)C2=O)c1. The van der Waals surface area contributed by atoms with Gasteiger partial charge in [-0.05, 0) is 52.7 Å². The molecule has 1 aliphatic heterocycles. The van der Waals surface area contributed by atoms with Gasteiger partial charge in [-0.1, -0.05) is 90.5 Å². The molecule has 0 aromatic heterocycles. The predicted molar refractivity (Wildman–Crippen MR) is 137 cm³/mol. The first-order valence-corrected chi connectivity index (χ1v) is 11.9. The minimum Gasteiger partial charge on any atom is -0.488 e. The number of amides is 2.